The van der Waals surface area contributed by atoms with E-state index < -0.39 is 0 Å². The summed E-state index contributed by atoms with van der Waals surface area (Å²) in [4.78, 5) is 19.8. The van der Waals surface area contributed by atoms with E-state index in [9.17, 15) is 4.79 Å². The molecular weight excluding hydrogens is 262 g/mol. The van der Waals surface area contributed by atoms with Gasteiger partial charge in [-0.05, 0) is 30.9 Å². The molecule has 1 aromatic carbocycles. The largest absolute Gasteiger partial charge is 0.336 e. The molecule has 0 radical (unpaired) electrons. The maximum atomic E-state index is 13.0. The molecule has 2 aromatic rings. The van der Waals surface area contributed by atoms with Crippen molar-refractivity contribution in [3.63, 3.8) is 0 Å². The van der Waals surface area contributed by atoms with E-state index in [-0.39, 0.29) is 5.91 Å². The number of para-hydroxylation sites is 1. The lowest BCUT2D eigenvalue weighted by Gasteiger charge is -2.28. The number of aryl methyl sites for hydroxylation is 1. The van der Waals surface area contributed by atoms with Crippen LogP contribution in [0.1, 0.15) is 28.0 Å². The fourth-order valence-corrected chi connectivity index (χ4v) is 3.48. The van der Waals surface area contributed by atoms with Crippen LogP contribution in [-0.2, 0) is 12.8 Å². The molecule has 1 N–H and O–H groups in total. The molecule has 1 aliphatic heterocycles. The Kier molecular flexibility index (Phi) is 3.11. The van der Waals surface area contributed by atoms with Gasteiger partial charge in [-0.2, -0.15) is 0 Å². The summed E-state index contributed by atoms with van der Waals surface area (Å²) in [5, 5.41) is 4.32. The van der Waals surface area contributed by atoms with Crippen LogP contribution < -0.4 is 5.32 Å². The summed E-state index contributed by atoms with van der Waals surface area (Å²) >= 11 is 0. The number of rotatable bonds is 1. The molecule has 2 aliphatic rings. The molecule has 4 heteroatoms. The second kappa shape index (κ2) is 5.11. The van der Waals surface area contributed by atoms with Crippen molar-refractivity contribution in [2.24, 2.45) is 0 Å². The molecule has 1 saturated heterocycles. The number of nitrogens with one attached hydrogen (secondary N) is 1. The summed E-state index contributed by atoms with van der Waals surface area (Å²) in [6.45, 7) is 3.36. The molecule has 1 aliphatic carbocycles. The number of carbonyl (C=O) groups excluding carboxylic acids is 1. The topological polar surface area (TPSA) is 45.2 Å². The van der Waals surface area contributed by atoms with Crippen LogP contribution in [0, 0.1) is 0 Å². The van der Waals surface area contributed by atoms with Gasteiger partial charge in [-0.25, -0.2) is 0 Å². The fraction of sp³-hybridized carbons (Fsp3) is 0.412. The fourth-order valence-electron chi connectivity index (χ4n) is 3.48. The van der Waals surface area contributed by atoms with Crippen LogP contribution in [0.15, 0.2) is 24.3 Å². The van der Waals surface area contributed by atoms with Gasteiger partial charge in [-0.15, -0.1) is 0 Å². The highest BCUT2D eigenvalue weighted by Gasteiger charge is 2.27. The van der Waals surface area contributed by atoms with E-state index >= 15 is 0 Å². The van der Waals surface area contributed by atoms with Gasteiger partial charge in [0.25, 0.3) is 5.91 Å². The molecule has 0 atom stereocenters. The van der Waals surface area contributed by atoms with Crippen LogP contribution in [0.2, 0.25) is 0 Å². The zero-order valence-electron chi connectivity index (χ0n) is 12.1. The van der Waals surface area contributed by atoms with Crippen LogP contribution in [0.25, 0.3) is 10.9 Å². The summed E-state index contributed by atoms with van der Waals surface area (Å²) in [6.07, 6.45) is 3.10. The van der Waals surface area contributed by atoms with Crippen molar-refractivity contribution < 1.29 is 4.79 Å². The highest BCUT2D eigenvalue weighted by atomic mass is 16.2. The molecule has 4 nitrogen and oxygen atoms in total. The minimum absolute atomic E-state index is 0.188. The van der Waals surface area contributed by atoms with Crippen molar-refractivity contribution >= 4 is 16.8 Å². The van der Waals surface area contributed by atoms with Crippen LogP contribution in [0.4, 0.5) is 0 Å². The Morgan fingerprint density at radius 1 is 1.14 bits per heavy atom. The highest BCUT2D eigenvalue weighted by Crippen LogP contribution is 2.30. The third-order valence-electron chi connectivity index (χ3n) is 4.54. The average molecular weight is 281 g/mol. The number of aromatic nitrogens is 1. The quantitative estimate of drug-likeness (QED) is 0.866. The zero-order chi connectivity index (χ0) is 14.2. The Hall–Kier alpha value is -1.94. The number of carbonyl (C=O) groups is 1. The van der Waals surface area contributed by atoms with Gasteiger partial charge in [0.1, 0.15) is 0 Å². The van der Waals surface area contributed by atoms with Gasteiger partial charge in [0.15, 0.2) is 0 Å². The lowest BCUT2D eigenvalue weighted by Crippen LogP contribution is -2.46. The van der Waals surface area contributed by atoms with Crippen LogP contribution >= 0.6 is 0 Å². The summed E-state index contributed by atoms with van der Waals surface area (Å²) in [5.74, 6) is 0.188. The summed E-state index contributed by atoms with van der Waals surface area (Å²) in [6, 6.07) is 8.05. The molecule has 0 saturated carbocycles. The first-order valence-electron chi connectivity index (χ1n) is 7.75. The summed E-state index contributed by atoms with van der Waals surface area (Å²) in [5.41, 5.74) is 4.19. The first kappa shape index (κ1) is 12.8. The smallest absolute Gasteiger partial charge is 0.254 e. The number of fused-ring (bicyclic) bond motifs is 2. The van der Waals surface area contributed by atoms with E-state index in [1.807, 2.05) is 29.2 Å². The summed E-state index contributed by atoms with van der Waals surface area (Å²) < 4.78 is 0. The minimum Gasteiger partial charge on any atom is -0.336 e. The SMILES string of the molecule is O=C(c1c2c(nc3ccccc13)CCC2)N1CCNCC1. The normalized spacial score (nSPS) is 18.0. The second-order valence-corrected chi connectivity index (χ2v) is 5.82. The number of benzene rings is 1. The first-order valence-corrected chi connectivity index (χ1v) is 7.75. The first-order chi connectivity index (χ1) is 10.3. The molecule has 4 rings (SSSR count). The zero-order valence-corrected chi connectivity index (χ0v) is 12.1. The Bertz CT molecular complexity index is 704. The predicted molar refractivity (Wildman–Crippen MR) is 82.5 cm³/mol. The van der Waals surface area contributed by atoms with Crippen LogP contribution in [0.3, 0.4) is 0 Å². The van der Waals surface area contributed by atoms with Gasteiger partial charge in [-0.1, -0.05) is 18.2 Å². The van der Waals surface area contributed by atoms with Gasteiger partial charge >= 0.3 is 0 Å². The van der Waals surface area contributed by atoms with Crippen molar-refractivity contribution in [1.29, 1.82) is 0 Å². The number of hydrogen-bond donors (Lipinski definition) is 1. The van der Waals surface area contributed by atoms with Crippen molar-refractivity contribution in [3.8, 4) is 0 Å². The molecule has 108 valence electrons. The van der Waals surface area contributed by atoms with Crippen LogP contribution in [-0.4, -0.2) is 42.0 Å². The van der Waals surface area contributed by atoms with E-state index in [0.717, 1.165) is 67.6 Å². The monoisotopic (exact) mass is 281 g/mol. The van der Waals surface area contributed by atoms with E-state index in [1.165, 1.54) is 5.56 Å². The van der Waals surface area contributed by atoms with Crippen molar-refractivity contribution in [2.45, 2.75) is 19.3 Å². The lowest BCUT2D eigenvalue weighted by atomic mass is 10.00. The molecular formula is C17H19N3O. The highest BCUT2D eigenvalue weighted by molar-refractivity contribution is 6.07. The molecule has 1 amide bonds. The second-order valence-electron chi connectivity index (χ2n) is 5.82. The van der Waals surface area contributed by atoms with E-state index in [0.29, 0.717) is 0 Å². The summed E-state index contributed by atoms with van der Waals surface area (Å²) in [7, 11) is 0. The predicted octanol–water partition coefficient (Wildman–Crippen LogP) is 1.77. The van der Waals surface area contributed by atoms with E-state index in [2.05, 4.69) is 5.32 Å². The van der Waals surface area contributed by atoms with Gasteiger partial charge in [0, 0.05) is 37.3 Å². The van der Waals surface area contributed by atoms with Crippen molar-refractivity contribution in [1.82, 2.24) is 15.2 Å². The Balaban J connectivity index is 1.88. The maximum absolute atomic E-state index is 13.0. The molecule has 2 heterocycles. The molecule has 0 bridgehead atoms. The van der Waals surface area contributed by atoms with Gasteiger partial charge in [-0.3, -0.25) is 9.78 Å². The molecule has 0 spiro atoms. The molecule has 0 unspecified atom stereocenters. The standard InChI is InChI=1S/C17H19N3O/c21-17(20-10-8-18-9-11-20)16-12-4-1-2-6-14(12)19-15-7-3-5-13(15)16/h1-2,4,6,18H,3,5,7-11H2. The number of hydrogen-bond acceptors (Lipinski definition) is 3. The number of nitrogens with zero attached hydrogens (tertiary/aromatic N) is 2. The van der Waals surface area contributed by atoms with E-state index in [1.54, 1.807) is 0 Å². The lowest BCUT2D eigenvalue weighted by molar-refractivity contribution is 0.0736. The van der Waals surface area contributed by atoms with Gasteiger partial charge in [0.2, 0.25) is 0 Å². The number of amides is 1. The van der Waals surface area contributed by atoms with Gasteiger partial charge in [0.05, 0.1) is 11.1 Å². The average Bonchev–Trinajstić information content (AvgIpc) is 3.00. The van der Waals surface area contributed by atoms with E-state index in [4.69, 9.17) is 4.98 Å². The Morgan fingerprint density at radius 2 is 1.95 bits per heavy atom. The molecule has 1 fully saturated rings. The third-order valence-corrected chi connectivity index (χ3v) is 4.54. The Labute approximate surface area is 124 Å². The third kappa shape index (κ3) is 2.10. The van der Waals surface area contributed by atoms with Gasteiger partial charge < -0.3 is 10.2 Å². The molecule has 1 aromatic heterocycles. The Morgan fingerprint density at radius 3 is 2.81 bits per heavy atom. The van der Waals surface area contributed by atoms with Crippen molar-refractivity contribution in [2.75, 3.05) is 26.2 Å². The van der Waals surface area contributed by atoms with Crippen LogP contribution in [0.5, 0.6) is 0 Å². The molecule has 21 heavy (non-hydrogen) atoms. The number of pyridine rings is 1. The van der Waals surface area contributed by atoms with Crippen molar-refractivity contribution in [3.05, 3.63) is 41.1 Å². The minimum atomic E-state index is 0.188. The number of piperazine rings is 1. The maximum Gasteiger partial charge on any atom is 0.254 e.